The van der Waals surface area contributed by atoms with Gasteiger partial charge >= 0.3 is 0 Å². The monoisotopic (exact) mass is 646 g/mol. The van der Waals surface area contributed by atoms with Crippen LogP contribution in [0.3, 0.4) is 0 Å². The Balaban J connectivity index is 0.000000569. The normalized spacial score (nSPS) is 14.1. The molecular weight excluding hydrogens is 610 g/mol. The van der Waals surface area contributed by atoms with Crippen LogP contribution in [0.15, 0.2) is 72.8 Å². The molecule has 0 heterocycles. The van der Waals surface area contributed by atoms with E-state index in [1.165, 1.54) is 33.4 Å². The fraction of sp³-hybridized carbons (Fsp3) is 0.333. The van der Waals surface area contributed by atoms with Gasteiger partial charge < -0.3 is 0 Å². The number of halogens is 2. The maximum atomic E-state index is 3.34. The van der Waals surface area contributed by atoms with E-state index in [0.29, 0.717) is 0 Å². The van der Waals surface area contributed by atoms with Crippen LogP contribution >= 0.6 is 24.8 Å². The molecule has 2 aliphatic rings. The van der Waals surface area contributed by atoms with Gasteiger partial charge in [0.2, 0.25) is 0 Å². The molecule has 2 aromatic carbocycles. The maximum Gasteiger partial charge on any atom is 0 e. The number of allylic oxidation sites excluding steroid dienone is 8. The van der Waals surface area contributed by atoms with Crippen LogP contribution in [0, 0.1) is 12.2 Å². The van der Waals surface area contributed by atoms with Gasteiger partial charge in [-0.1, -0.05) is 78.6 Å². The van der Waals surface area contributed by atoms with Crippen molar-refractivity contribution in [1.29, 1.82) is 0 Å². The molecule has 0 saturated carbocycles. The summed E-state index contributed by atoms with van der Waals surface area (Å²) in [5.41, 5.74) is 8.26. The summed E-state index contributed by atoms with van der Waals surface area (Å²) in [4.78, 5) is 0. The van der Waals surface area contributed by atoms with Gasteiger partial charge in [-0.3, -0.25) is 0 Å². The van der Waals surface area contributed by atoms with E-state index in [-0.39, 0.29) is 61.5 Å². The van der Waals surface area contributed by atoms with Gasteiger partial charge in [-0.15, -0.1) is 72.4 Å². The fourth-order valence-electron chi connectivity index (χ4n) is 3.51. The Morgan fingerprint density at radius 2 is 0.848 bits per heavy atom. The van der Waals surface area contributed by atoms with E-state index in [4.69, 9.17) is 0 Å². The first kappa shape index (κ1) is 31.9. The molecule has 2 aromatic rings. The molecule has 33 heavy (non-hydrogen) atoms. The van der Waals surface area contributed by atoms with Crippen molar-refractivity contribution in [2.75, 3.05) is 0 Å². The van der Waals surface area contributed by atoms with Crippen LogP contribution in [0.25, 0.3) is 11.1 Å². The largest absolute Gasteiger partial charge is 0.197 e. The second-order valence-corrected chi connectivity index (χ2v) is 10.0. The molecule has 4 rings (SSSR count). The van der Waals surface area contributed by atoms with E-state index in [1.54, 1.807) is 0 Å². The zero-order valence-electron chi connectivity index (χ0n) is 20.7. The summed E-state index contributed by atoms with van der Waals surface area (Å²) >= 11 is 0. The molecule has 0 atom stereocenters. The molecule has 0 aromatic heterocycles. The van der Waals surface area contributed by atoms with Gasteiger partial charge in [0.05, 0.1) is 0 Å². The molecule has 3 heteroatoms. The van der Waals surface area contributed by atoms with E-state index in [9.17, 15) is 0 Å². The first-order valence-corrected chi connectivity index (χ1v) is 10.9. The second kappa shape index (κ2) is 13.7. The minimum absolute atomic E-state index is 0. The van der Waals surface area contributed by atoms with Gasteiger partial charge in [0, 0.05) is 25.8 Å². The van der Waals surface area contributed by atoms with Crippen LogP contribution in [-0.2, 0) is 36.7 Å². The van der Waals surface area contributed by atoms with Crippen molar-refractivity contribution in [2.24, 2.45) is 0 Å². The van der Waals surface area contributed by atoms with Crippen molar-refractivity contribution < 1.29 is 25.8 Å². The van der Waals surface area contributed by atoms with E-state index < -0.39 is 0 Å². The Labute approximate surface area is 233 Å². The molecular formula is C30H36Cl2Hf-2. The quantitative estimate of drug-likeness (QED) is 0.226. The van der Waals surface area contributed by atoms with Crippen LogP contribution in [0.5, 0.6) is 0 Å². The van der Waals surface area contributed by atoms with Crippen molar-refractivity contribution >= 4 is 36.0 Å². The summed E-state index contributed by atoms with van der Waals surface area (Å²) in [6.07, 6.45) is 17.2. The van der Waals surface area contributed by atoms with E-state index in [2.05, 4.69) is 127 Å². The zero-order valence-corrected chi connectivity index (χ0v) is 25.9. The smallest absolute Gasteiger partial charge is 0 e. The number of hydrogen-bond donors (Lipinski definition) is 0. The first-order valence-electron chi connectivity index (χ1n) is 10.9. The minimum atomic E-state index is 0. The number of rotatable bonds is 2. The van der Waals surface area contributed by atoms with Crippen LogP contribution in [0.2, 0.25) is 0 Å². The number of benzene rings is 2. The molecule has 0 radical (unpaired) electrons. The average molecular weight is 646 g/mol. The topological polar surface area (TPSA) is 0 Å². The second-order valence-electron chi connectivity index (χ2n) is 10.0. The van der Waals surface area contributed by atoms with Crippen molar-refractivity contribution in [1.82, 2.24) is 0 Å². The van der Waals surface area contributed by atoms with Gasteiger partial charge in [0.1, 0.15) is 0 Å². The van der Waals surface area contributed by atoms with Gasteiger partial charge in [-0.2, -0.15) is 35.5 Å². The van der Waals surface area contributed by atoms with Crippen molar-refractivity contribution in [3.05, 3.63) is 107 Å². The Kier molecular flexibility index (Phi) is 13.2. The third-order valence-electron chi connectivity index (χ3n) is 5.51. The maximum absolute atomic E-state index is 3.34. The molecule has 176 valence electrons. The molecule has 0 unspecified atom stereocenters. The molecule has 0 amide bonds. The predicted molar refractivity (Wildman–Crippen MR) is 146 cm³/mol. The zero-order chi connectivity index (χ0) is 21.8. The molecule has 0 spiro atoms. The molecule has 0 nitrogen and oxygen atoms in total. The summed E-state index contributed by atoms with van der Waals surface area (Å²) in [5, 5.41) is 0. The Morgan fingerprint density at radius 3 is 1.06 bits per heavy atom. The van der Waals surface area contributed by atoms with Gasteiger partial charge in [-0.05, 0) is 22.0 Å². The number of hydrogen-bond acceptors (Lipinski definition) is 0. The molecule has 0 fully saturated rings. The summed E-state index contributed by atoms with van der Waals surface area (Å²) in [6, 6.07) is 17.6. The van der Waals surface area contributed by atoms with Gasteiger partial charge in [-0.25, -0.2) is 0 Å². The molecule has 0 N–H and O–H groups in total. The molecule has 0 saturated heterocycles. The van der Waals surface area contributed by atoms with Gasteiger partial charge in [0.15, 0.2) is 0 Å². The Hall–Kier alpha value is -1.15. The van der Waals surface area contributed by atoms with Crippen molar-refractivity contribution in [3.63, 3.8) is 0 Å². The summed E-state index contributed by atoms with van der Waals surface area (Å²) in [6.45, 7) is 13.4. The molecule has 0 bridgehead atoms. The summed E-state index contributed by atoms with van der Waals surface area (Å²) < 4.78 is 0. The summed E-state index contributed by atoms with van der Waals surface area (Å²) in [7, 11) is 0. The SMILES string of the molecule is CC(C)(C)c1ccc(C2=[C-]CC=C2)cc1.CC(C)(C)c1ccc(C2=[C-]CC=C2)cc1.Cl.Cl.[Hf]. The molecule has 2 aliphatic carbocycles. The Bertz CT molecular complexity index is 894. The average Bonchev–Trinajstić information content (AvgIpc) is 3.42. The van der Waals surface area contributed by atoms with Crippen molar-refractivity contribution in [3.8, 4) is 0 Å². The Morgan fingerprint density at radius 1 is 0.545 bits per heavy atom. The fourth-order valence-corrected chi connectivity index (χ4v) is 3.51. The third-order valence-corrected chi connectivity index (χ3v) is 5.51. The summed E-state index contributed by atoms with van der Waals surface area (Å²) in [5.74, 6) is 0. The third kappa shape index (κ3) is 9.19. The van der Waals surface area contributed by atoms with Crippen LogP contribution in [-0.4, -0.2) is 0 Å². The van der Waals surface area contributed by atoms with E-state index in [1.807, 2.05) is 0 Å². The van der Waals surface area contributed by atoms with Gasteiger partial charge in [0.25, 0.3) is 0 Å². The van der Waals surface area contributed by atoms with Crippen LogP contribution in [0.4, 0.5) is 0 Å². The predicted octanol–water partition coefficient (Wildman–Crippen LogP) is 9.10. The van der Waals surface area contributed by atoms with Crippen molar-refractivity contribution in [2.45, 2.75) is 65.2 Å². The van der Waals surface area contributed by atoms with Crippen LogP contribution in [0.1, 0.15) is 76.6 Å². The van der Waals surface area contributed by atoms with Crippen LogP contribution < -0.4 is 0 Å². The molecule has 0 aliphatic heterocycles. The van der Waals surface area contributed by atoms with E-state index in [0.717, 1.165) is 12.8 Å². The standard InChI is InChI=1S/2C15H17.2ClH.Hf/c2*1-15(2,3)14-10-8-13(9-11-14)12-6-4-5-7-12;;;/h2*4,6,8-11H,5H2,1-3H3;2*1H;/q2*-1;;;. The first-order chi connectivity index (χ1) is 14.1. The van der Waals surface area contributed by atoms with E-state index >= 15 is 0 Å². The minimum Gasteiger partial charge on any atom is -0.197 e.